The second-order valence-electron chi connectivity index (χ2n) is 7.99. The van der Waals surface area contributed by atoms with Crippen LogP contribution in [0, 0.1) is 11.7 Å². The van der Waals surface area contributed by atoms with Gasteiger partial charge >= 0.3 is 0 Å². The lowest BCUT2D eigenvalue weighted by Crippen LogP contribution is -2.27. The molecule has 0 spiro atoms. The molecule has 0 aliphatic heterocycles. The summed E-state index contributed by atoms with van der Waals surface area (Å²) in [7, 11) is 0. The monoisotopic (exact) mass is 440 g/mol. The molecule has 1 saturated carbocycles. The maximum atomic E-state index is 13.4. The third-order valence-corrected chi connectivity index (χ3v) is 6.00. The van der Waals surface area contributed by atoms with Crippen molar-refractivity contribution in [2.24, 2.45) is 5.92 Å². The molecule has 0 saturated heterocycles. The van der Waals surface area contributed by atoms with Crippen molar-refractivity contribution in [2.45, 2.75) is 38.3 Å². The van der Waals surface area contributed by atoms with E-state index < -0.39 is 0 Å². The molecule has 5 nitrogen and oxygen atoms in total. The Morgan fingerprint density at radius 3 is 2.61 bits per heavy atom. The van der Waals surface area contributed by atoms with E-state index in [4.69, 9.17) is 11.6 Å². The van der Waals surface area contributed by atoms with E-state index in [9.17, 15) is 9.50 Å². The topological polar surface area (TPSA) is 70.1 Å². The van der Waals surface area contributed by atoms with Gasteiger partial charge in [0.2, 0.25) is 0 Å². The second-order valence-corrected chi connectivity index (χ2v) is 8.39. The molecular weight excluding hydrogens is 415 g/mol. The van der Waals surface area contributed by atoms with Crippen molar-refractivity contribution in [2.75, 3.05) is 17.2 Å². The van der Waals surface area contributed by atoms with Crippen molar-refractivity contribution in [3.05, 3.63) is 71.1 Å². The van der Waals surface area contributed by atoms with Crippen LogP contribution < -0.4 is 10.6 Å². The van der Waals surface area contributed by atoms with Gasteiger partial charge in [0.25, 0.3) is 0 Å². The fraction of sp³-hybridized carbons (Fsp3) is 0.333. The van der Waals surface area contributed by atoms with E-state index in [1.165, 1.54) is 12.1 Å². The normalized spacial score (nSPS) is 18.5. The first-order valence-electron chi connectivity index (χ1n) is 10.6. The first-order valence-corrected chi connectivity index (χ1v) is 11.0. The number of halogens is 2. The quantitative estimate of drug-likeness (QED) is 0.451. The SMILES string of the molecule is OCC1CCC(Nc2cc(-c3cccc(NCc4cccc(F)c4)n3)c(Cl)cn2)CC1. The van der Waals surface area contributed by atoms with E-state index >= 15 is 0 Å². The minimum atomic E-state index is -0.255. The summed E-state index contributed by atoms with van der Waals surface area (Å²) in [6.07, 6.45) is 5.72. The van der Waals surface area contributed by atoms with Crippen molar-refractivity contribution in [3.8, 4) is 11.3 Å². The molecule has 1 aliphatic carbocycles. The highest BCUT2D eigenvalue weighted by Gasteiger charge is 2.21. The lowest BCUT2D eigenvalue weighted by molar-refractivity contribution is 0.185. The van der Waals surface area contributed by atoms with Gasteiger partial charge < -0.3 is 15.7 Å². The Morgan fingerprint density at radius 1 is 1.03 bits per heavy atom. The van der Waals surface area contributed by atoms with Crippen LogP contribution in [0.25, 0.3) is 11.3 Å². The molecule has 2 heterocycles. The van der Waals surface area contributed by atoms with Crippen LogP contribution in [0.5, 0.6) is 0 Å². The van der Waals surface area contributed by atoms with Crippen molar-refractivity contribution in [3.63, 3.8) is 0 Å². The number of benzene rings is 1. The summed E-state index contributed by atoms with van der Waals surface area (Å²) in [5, 5.41) is 16.6. The van der Waals surface area contributed by atoms with Gasteiger partial charge in [0.15, 0.2) is 0 Å². The Kier molecular flexibility index (Phi) is 6.99. The summed E-state index contributed by atoms with van der Waals surface area (Å²) in [4.78, 5) is 9.11. The van der Waals surface area contributed by atoms with Crippen molar-refractivity contribution < 1.29 is 9.50 Å². The zero-order valence-corrected chi connectivity index (χ0v) is 17.9. The van der Waals surface area contributed by atoms with Crippen molar-refractivity contribution >= 4 is 23.2 Å². The minimum absolute atomic E-state index is 0.255. The third kappa shape index (κ3) is 5.71. The Bertz CT molecular complexity index is 1020. The number of hydrogen-bond donors (Lipinski definition) is 3. The van der Waals surface area contributed by atoms with E-state index in [2.05, 4.69) is 20.6 Å². The highest BCUT2D eigenvalue weighted by Crippen LogP contribution is 2.31. The number of nitrogens with one attached hydrogen (secondary N) is 2. The number of anilines is 2. The fourth-order valence-electron chi connectivity index (χ4n) is 3.94. The number of pyridine rings is 2. The summed E-state index contributed by atoms with van der Waals surface area (Å²) in [5.41, 5.74) is 2.39. The van der Waals surface area contributed by atoms with E-state index in [1.54, 1.807) is 12.3 Å². The zero-order valence-electron chi connectivity index (χ0n) is 17.2. The van der Waals surface area contributed by atoms with Gasteiger partial charge in [-0.05, 0) is 67.5 Å². The first kappa shape index (κ1) is 21.5. The summed E-state index contributed by atoms with van der Waals surface area (Å²) in [5.74, 6) is 1.62. The van der Waals surface area contributed by atoms with Gasteiger partial charge in [0.1, 0.15) is 17.5 Å². The number of hydrogen-bond acceptors (Lipinski definition) is 5. The second kappa shape index (κ2) is 10.1. The highest BCUT2D eigenvalue weighted by molar-refractivity contribution is 6.33. The maximum Gasteiger partial charge on any atom is 0.126 e. The number of aliphatic hydroxyl groups excluding tert-OH is 1. The molecule has 162 valence electrons. The molecule has 7 heteroatoms. The fourth-order valence-corrected chi connectivity index (χ4v) is 4.14. The van der Waals surface area contributed by atoms with Gasteiger partial charge in [-0.25, -0.2) is 14.4 Å². The third-order valence-electron chi connectivity index (χ3n) is 5.70. The van der Waals surface area contributed by atoms with Crippen LogP contribution in [0.15, 0.2) is 54.7 Å². The number of rotatable bonds is 7. The average molecular weight is 441 g/mol. The van der Waals surface area contributed by atoms with Gasteiger partial charge in [0, 0.05) is 31.0 Å². The van der Waals surface area contributed by atoms with Crippen LogP contribution in [-0.2, 0) is 6.54 Å². The average Bonchev–Trinajstić information content (AvgIpc) is 2.80. The van der Waals surface area contributed by atoms with Gasteiger partial charge in [-0.15, -0.1) is 0 Å². The Morgan fingerprint density at radius 2 is 1.84 bits per heavy atom. The summed E-state index contributed by atoms with van der Waals surface area (Å²) >= 11 is 6.43. The van der Waals surface area contributed by atoms with Gasteiger partial charge in [0.05, 0.1) is 10.7 Å². The molecule has 3 N–H and O–H groups in total. The highest BCUT2D eigenvalue weighted by atomic mass is 35.5. The van der Waals surface area contributed by atoms with Crippen LogP contribution >= 0.6 is 11.6 Å². The Labute approximate surface area is 186 Å². The lowest BCUT2D eigenvalue weighted by Gasteiger charge is -2.28. The molecule has 1 aromatic carbocycles. The Hall–Kier alpha value is -2.70. The van der Waals surface area contributed by atoms with Gasteiger partial charge in [-0.2, -0.15) is 0 Å². The van der Waals surface area contributed by atoms with E-state index in [-0.39, 0.29) is 12.4 Å². The molecule has 0 radical (unpaired) electrons. The molecule has 4 rings (SSSR count). The predicted molar refractivity (Wildman–Crippen MR) is 123 cm³/mol. The first-order chi connectivity index (χ1) is 15.1. The molecule has 0 unspecified atom stereocenters. The van der Waals surface area contributed by atoms with Crippen LogP contribution in [0.2, 0.25) is 5.02 Å². The number of aromatic nitrogens is 2. The molecule has 0 amide bonds. The predicted octanol–water partition coefficient (Wildman–Crippen LogP) is 5.51. The van der Waals surface area contributed by atoms with E-state index in [0.29, 0.717) is 29.3 Å². The lowest BCUT2D eigenvalue weighted by atomic mass is 9.86. The molecule has 1 fully saturated rings. The van der Waals surface area contributed by atoms with Crippen LogP contribution in [0.4, 0.5) is 16.0 Å². The molecule has 0 atom stereocenters. The maximum absolute atomic E-state index is 13.4. The number of aliphatic hydroxyl groups is 1. The zero-order chi connectivity index (χ0) is 21.6. The molecule has 0 bridgehead atoms. The summed E-state index contributed by atoms with van der Waals surface area (Å²) < 4.78 is 13.4. The minimum Gasteiger partial charge on any atom is -0.396 e. The van der Waals surface area contributed by atoms with E-state index in [1.807, 2.05) is 30.3 Å². The van der Waals surface area contributed by atoms with Gasteiger partial charge in [-0.3, -0.25) is 0 Å². The molecular formula is C24H26ClFN4O. The van der Waals surface area contributed by atoms with Crippen LogP contribution in [-0.4, -0.2) is 27.7 Å². The van der Waals surface area contributed by atoms with Crippen molar-refractivity contribution in [1.82, 2.24) is 9.97 Å². The standard InChI is InChI=1S/C24H26ClFN4O/c25-21-14-28-24(29-19-9-7-16(15-31)8-10-19)12-20(21)22-5-2-6-23(30-22)27-13-17-3-1-4-18(26)11-17/h1-6,11-12,14,16,19,31H,7-10,13,15H2,(H,27,30)(H,28,29). The summed E-state index contributed by atoms with van der Waals surface area (Å²) in [6, 6.07) is 14.5. The Balaban J connectivity index is 1.46. The summed E-state index contributed by atoms with van der Waals surface area (Å²) in [6.45, 7) is 0.743. The molecule has 2 aromatic heterocycles. The van der Waals surface area contributed by atoms with Gasteiger partial charge in [-0.1, -0.05) is 29.8 Å². The molecule has 3 aromatic rings. The van der Waals surface area contributed by atoms with Crippen molar-refractivity contribution in [1.29, 1.82) is 0 Å². The van der Waals surface area contributed by atoms with E-state index in [0.717, 1.165) is 48.3 Å². The smallest absolute Gasteiger partial charge is 0.126 e. The van der Waals surface area contributed by atoms with Crippen LogP contribution in [0.3, 0.4) is 0 Å². The molecule has 1 aliphatic rings. The molecule has 31 heavy (non-hydrogen) atoms. The number of nitrogens with zero attached hydrogens (tertiary/aromatic N) is 2. The van der Waals surface area contributed by atoms with Crippen LogP contribution in [0.1, 0.15) is 31.2 Å². The largest absolute Gasteiger partial charge is 0.396 e.